The van der Waals surface area contributed by atoms with Gasteiger partial charge in [-0.15, -0.1) is 0 Å². The molecule has 0 fully saturated rings. The molecule has 0 amide bonds. The van der Waals surface area contributed by atoms with Gasteiger partial charge in [0.05, 0.1) is 0 Å². The predicted molar refractivity (Wildman–Crippen MR) is 0 cm³/mol. The van der Waals surface area contributed by atoms with E-state index in [0.717, 1.165) is 0 Å². The molecular weight excluding hydrogens is 300 g/mol. The standard InChI is InChI=1S/Cr.Cu.Nb.Zr. The normalized spacial score (nSPS) is 0. The van der Waals surface area contributed by atoms with Gasteiger partial charge in [-0.2, -0.15) is 0 Å². The minimum atomic E-state index is 0. The van der Waals surface area contributed by atoms with Crippen LogP contribution in [0.4, 0.5) is 0 Å². The third kappa shape index (κ3) is 8.82. The molecule has 0 aliphatic carbocycles. The van der Waals surface area contributed by atoms with Crippen LogP contribution in [-0.4, -0.2) is 0 Å². The van der Waals surface area contributed by atoms with Gasteiger partial charge >= 0.3 is 0 Å². The van der Waals surface area contributed by atoms with Crippen molar-refractivity contribution in [2.24, 2.45) is 0 Å². The topological polar surface area (TPSA) is 0 Å². The van der Waals surface area contributed by atoms with E-state index in [2.05, 4.69) is 0 Å². The maximum Gasteiger partial charge on any atom is 0 e. The summed E-state index contributed by atoms with van der Waals surface area (Å²) >= 11 is 0. The number of hydrogen-bond acceptors (Lipinski definition) is 0. The van der Waals surface area contributed by atoms with Crippen LogP contribution in [0.25, 0.3) is 0 Å². The Hall–Kier alpha value is 2.68. The summed E-state index contributed by atoms with van der Waals surface area (Å²) in [4.78, 5) is 0. The molecule has 2 radical (unpaired) electrons. The number of rotatable bonds is 0. The van der Waals surface area contributed by atoms with E-state index in [1.165, 1.54) is 0 Å². The van der Waals surface area contributed by atoms with Crippen molar-refractivity contribution in [3.63, 3.8) is 0 Å². The second kappa shape index (κ2) is 17.3. The van der Waals surface area contributed by atoms with Crippen LogP contribution < -0.4 is 0 Å². The molecule has 0 N–H and O–H groups in total. The Kier molecular flexibility index (Phi) is 130. The van der Waals surface area contributed by atoms with Crippen molar-refractivity contribution in [3.05, 3.63) is 0 Å². The maximum atomic E-state index is 0. The van der Waals surface area contributed by atoms with Gasteiger partial charge in [-0.05, 0) is 0 Å². The summed E-state index contributed by atoms with van der Waals surface area (Å²) < 4.78 is 0. The Bertz CT molecular complexity index is 8.00. The molecular formula is CrCuNbZr. The third-order valence-electron chi connectivity index (χ3n) is 0. The smallest absolute Gasteiger partial charge is 0 e. The summed E-state index contributed by atoms with van der Waals surface area (Å²) in [5.74, 6) is 0. The molecule has 0 aromatic heterocycles. The van der Waals surface area contributed by atoms with Crippen molar-refractivity contribution in [2.75, 3.05) is 0 Å². The van der Waals surface area contributed by atoms with Crippen LogP contribution in [0.5, 0.6) is 0 Å². The van der Waals surface area contributed by atoms with Crippen molar-refractivity contribution >= 4 is 0 Å². The molecule has 0 bridgehead atoms. The van der Waals surface area contributed by atoms with Crippen LogP contribution in [0.3, 0.4) is 0 Å². The Balaban J connectivity index is 0. The van der Waals surface area contributed by atoms with Gasteiger partial charge in [0.15, 0.2) is 0 Å². The predicted octanol–water partition coefficient (Wildman–Crippen LogP) is -0.0100. The molecule has 0 aromatic carbocycles. The maximum absolute atomic E-state index is 0. The van der Waals surface area contributed by atoms with Crippen LogP contribution in [0.2, 0.25) is 0 Å². The fourth-order valence-corrected chi connectivity index (χ4v) is 0. The van der Waals surface area contributed by atoms with E-state index in [9.17, 15) is 0 Å². The molecule has 0 atom stereocenters. The summed E-state index contributed by atoms with van der Waals surface area (Å²) in [6.45, 7) is 0. The Morgan fingerprint density at radius 1 is 1.00 bits per heavy atom. The molecule has 0 unspecified atom stereocenters. The van der Waals surface area contributed by atoms with Gasteiger partial charge in [-0.1, -0.05) is 0 Å². The van der Waals surface area contributed by atoms with Gasteiger partial charge in [0.2, 0.25) is 0 Å². The molecule has 0 aliphatic rings. The van der Waals surface area contributed by atoms with Gasteiger partial charge in [-0.3, -0.25) is 0 Å². The van der Waals surface area contributed by atoms with Crippen LogP contribution >= 0.6 is 0 Å². The van der Waals surface area contributed by atoms with Gasteiger partial charge in [-0.25, -0.2) is 0 Å². The molecule has 0 nitrogen and oxygen atoms in total. The molecule has 4 heteroatoms. The zero-order valence-electron chi connectivity index (χ0n) is 1.66. The van der Waals surface area contributed by atoms with E-state index >= 15 is 0 Å². The Labute approximate surface area is 81.7 Å². The first-order chi connectivity index (χ1) is 0. The number of hydrogen-bond donors (Lipinski definition) is 0. The quantitative estimate of drug-likeness (QED) is 0.552. The summed E-state index contributed by atoms with van der Waals surface area (Å²) in [5, 5.41) is 0. The van der Waals surface area contributed by atoms with Crippen molar-refractivity contribution < 1.29 is 83.0 Å². The fraction of sp³-hybridized carbons (Fsp3) is 0. The Morgan fingerprint density at radius 3 is 1.00 bits per heavy atom. The second-order valence-electron chi connectivity index (χ2n) is 0. The van der Waals surface area contributed by atoms with E-state index in [4.69, 9.17) is 0 Å². The SMILES string of the molecule is [Cr].[Cu].[Nb].[Zr]. The molecule has 0 saturated heterocycles. The van der Waals surface area contributed by atoms with Crippen LogP contribution in [0.15, 0.2) is 0 Å². The first-order valence-corrected chi connectivity index (χ1v) is 0. The van der Waals surface area contributed by atoms with Crippen molar-refractivity contribution in [3.8, 4) is 0 Å². The fourth-order valence-electron chi connectivity index (χ4n) is 0. The first-order valence-electron chi connectivity index (χ1n) is 0. The molecule has 0 saturated carbocycles. The first kappa shape index (κ1) is 30.0. The summed E-state index contributed by atoms with van der Waals surface area (Å²) in [6, 6.07) is 0. The molecule has 0 aliphatic heterocycles. The van der Waals surface area contributed by atoms with Gasteiger partial charge in [0.25, 0.3) is 0 Å². The van der Waals surface area contributed by atoms with Crippen molar-refractivity contribution in [1.82, 2.24) is 0 Å². The monoisotopic (exact) mass is 298 g/mol. The average molecular weight is 300 g/mol. The molecule has 0 heterocycles. The van der Waals surface area contributed by atoms with Gasteiger partial charge < -0.3 is 0 Å². The van der Waals surface area contributed by atoms with E-state index in [-0.39, 0.29) is 83.0 Å². The molecule has 0 rings (SSSR count). The second-order valence-corrected chi connectivity index (χ2v) is 0. The van der Waals surface area contributed by atoms with Crippen LogP contribution in [-0.2, 0) is 83.0 Å². The van der Waals surface area contributed by atoms with Gasteiger partial charge in [0.1, 0.15) is 0 Å². The summed E-state index contributed by atoms with van der Waals surface area (Å²) in [6.07, 6.45) is 0. The minimum absolute atomic E-state index is 0. The zero-order valence-corrected chi connectivity index (χ0v) is 8.53. The van der Waals surface area contributed by atoms with E-state index in [1.807, 2.05) is 0 Å². The molecule has 0 spiro atoms. The van der Waals surface area contributed by atoms with Crippen LogP contribution in [0.1, 0.15) is 0 Å². The van der Waals surface area contributed by atoms with Crippen molar-refractivity contribution in [1.29, 1.82) is 0 Å². The molecule has 0 aromatic rings. The molecule has 26 valence electrons. The third-order valence-corrected chi connectivity index (χ3v) is 0. The van der Waals surface area contributed by atoms with E-state index < -0.39 is 0 Å². The largest absolute Gasteiger partial charge is 0 e. The summed E-state index contributed by atoms with van der Waals surface area (Å²) in [7, 11) is 0. The van der Waals surface area contributed by atoms with Crippen LogP contribution in [0, 0.1) is 0 Å². The Morgan fingerprint density at radius 2 is 1.00 bits per heavy atom. The van der Waals surface area contributed by atoms with Crippen molar-refractivity contribution in [2.45, 2.75) is 0 Å². The van der Waals surface area contributed by atoms with Gasteiger partial charge in [0, 0.05) is 83.0 Å². The molecule has 4 heavy (non-hydrogen) atoms. The zero-order chi connectivity index (χ0) is 0. The summed E-state index contributed by atoms with van der Waals surface area (Å²) in [5.41, 5.74) is 0. The average Bonchev–Trinajstić information content (AvgIpc) is 0. The minimum Gasteiger partial charge on any atom is 0 e. The van der Waals surface area contributed by atoms with E-state index in [0.29, 0.717) is 0 Å². The van der Waals surface area contributed by atoms with E-state index in [1.54, 1.807) is 0 Å².